The lowest BCUT2D eigenvalue weighted by Crippen LogP contribution is -2.61. The van der Waals surface area contributed by atoms with Crippen molar-refractivity contribution in [2.24, 2.45) is 0 Å². The van der Waals surface area contributed by atoms with Crippen LogP contribution in [0.15, 0.2) is 72.8 Å². The monoisotopic (exact) mass is 385 g/mol. The van der Waals surface area contributed by atoms with Crippen LogP contribution in [0.3, 0.4) is 0 Å². The molecule has 0 atom stereocenters. The van der Waals surface area contributed by atoms with Crippen LogP contribution in [0, 0.1) is 6.92 Å². The van der Waals surface area contributed by atoms with Crippen LogP contribution in [0.25, 0.3) is 11.1 Å². The third-order valence-electron chi connectivity index (χ3n) is 6.15. The number of carbonyl (C=O) groups is 1. The Morgan fingerprint density at radius 1 is 0.966 bits per heavy atom. The largest absolute Gasteiger partial charge is 0.448 e. The minimum Gasteiger partial charge on any atom is -0.448 e. The maximum atomic E-state index is 12.6. The summed E-state index contributed by atoms with van der Waals surface area (Å²) in [4.78, 5) is 14.2. The van der Waals surface area contributed by atoms with E-state index in [1.54, 1.807) is 4.90 Å². The van der Waals surface area contributed by atoms with Gasteiger partial charge in [-0.2, -0.15) is 0 Å². The molecule has 0 spiro atoms. The molecule has 4 nitrogen and oxygen atoms in total. The lowest BCUT2D eigenvalue weighted by Gasteiger charge is -2.46. The van der Waals surface area contributed by atoms with Gasteiger partial charge in [0.1, 0.15) is 12.2 Å². The van der Waals surface area contributed by atoms with E-state index in [9.17, 15) is 9.90 Å². The molecule has 1 N–H and O–H groups in total. The Morgan fingerprint density at radius 3 is 2.14 bits per heavy atom. The van der Waals surface area contributed by atoms with Crippen LogP contribution in [-0.2, 0) is 10.3 Å². The highest BCUT2D eigenvalue weighted by molar-refractivity contribution is 5.79. The lowest BCUT2D eigenvalue weighted by atomic mass is 9.84. The molecule has 29 heavy (non-hydrogen) atoms. The van der Waals surface area contributed by atoms with Gasteiger partial charge < -0.3 is 14.7 Å². The van der Waals surface area contributed by atoms with Crippen LogP contribution in [-0.4, -0.2) is 35.8 Å². The second kappa shape index (κ2) is 6.75. The van der Waals surface area contributed by atoms with Gasteiger partial charge in [-0.15, -0.1) is 0 Å². The normalized spacial score (nSPS) is 16.7. The fourth-order valence-electron chi connectivity index (χ4n) is 4.66. The summed E-state index contributed by atoms with van der Waals surface area (Å²) in [7, 11) is 0. The molecule has 3 aromatic rings. The summed E-state index contributed by atoms with van der Waals surface area (Å²) in [5.41, 5.74) is 5.73. The Kier molecular flexibility index (Phi) is 4.18. The molecular formula is C25H23NO3. The smallest absolute Gasteiger partial charge is 0.410 e. The van der Waals surface area contributed by atoms with Crippen molar-refractivity contribution in [1.29, 1.82) is 0 Å². The molecule has 3 aromatic carbocycles. The van der Waals surface area contributed by atoms with E-state index in [-0.39, 0.29) is 25.1 Å². The summed E-state index contributed by atoms with van der Waals surface area (Å²) in [6.07, 6.45) is -0.370. The number of amides is 1. The van der Waals surface area contributed by atoms with Gasteiger partial charge in [-0.1, -0.05) is 72.8 Å². The minimum absolute atomic E-state index is 0.0443. The number of rotatable bonds is 3. The van der Waals surface area contributed by atoms with Crippen molar-refractivity contribution in [3.63, 3.8) is 0 Å². The molecule has 0 radical (unpaired) electrons. The minimum atomic E-state index is -0.989. The van der Waals surface area contributed by atoms with E-state index in [0.29, 0.717) is 6.61 Å². The third-order valence-corrected chi connectivity index (χ3v) is 6.15. The van der Waals surface area contributed by atoms with Gasteiger partial charge in [0.2, 0.25) is 0 Å². The Bertz CT molecular complexity index is 1040. The molecule has 1 aliphatic heterocycles. The predicted octanol–water partition coefficient (Wildman–Crippen LogP) is 4.45. The molecule has 0 bridgehead atoms. The number of fused-ring (bicyclic) bond motifs is 3. The molecule has 0 aromatic heterocycles. The SMILES string of the molecule is Cc1ccccc1C1(O)CN(C(=O)OCC2c3ccccc3-c3ccccc32)C1. The van der Waals surface area contributed by atoms with E-state index in [1.165, 1.54) is 22.3 Å². The van der Waals surface area contributed by atoms with Crippen LogP contribution < -0.4 is 0 Å². The molecular weight excluding hydrogens is 362 g/mol. The van der Waals surface area contributed by atoms with Crippen molar-refractivity contribution in [2.75, 3.05) is 19.7 Å². The molecule has 1 amide bonds. The fraction of sp³-hybridized carbons (Fsp3) is 0.240. The quantitative estimate of drug-likeness (QED) is 0.725. The molecule has 146 valence electrons. The van der Waals surface area contributed by atoms with Crippen LogP contribution in [0.2, 0.25) is 0 Å². The number of benzene rings is 3. The molecule has 2 aliphatic rings. The highest BCUT2D eigenvalue weighted by atomic mass is 16.6. The van der Waals surface area contributed by atoms with Gasteiger partial charge in [0.15, 0.2) is 0 Å². The first-order valence-corrected chi connectivity index (χ1v) is 9.95. The van der Waals surface area contributed by atoms with E-state index in [2.05, 4.69) is 24.3 Å². The van der Waals surface area contributed by atoms with Gasteiger partial charge in [0.25, 0.3) is 0 Å². The zero-order valence-corrected chi connectivity index (χ0v) is 16.3. The molecule has 1 heterocycles. The average Bonchev–Trinajstić information content (AvgIpc) is 3.04. The summed E-state index contributed by atoms with van der Waals surface area (Å²) in [5.74, 6) is 0.0443. The number of hydrogen-bond donors (Lipinski definition) is 1. The molecule has 0 unspecified atom stereocenters. The van der Waals surface area contributed by atoms with Crippen LogP contribution in [0.5, 0.6) is 0 Å². The molecule has 0 saturated carbocycles. The topological polar surface area (TPSA) is 49.8 Å². The van der Waals surface area contributed by atoms with Gasteiger partial charge in [0, 0.05) is 5.92 Å². The summed E-state index contributed by atoms with van der Waals surface area (Å²) in [6, 6.07) is 24.3. The molecule has 1 fully saturated rings. The second-order valence-electron chi connectivity index (χ2n) is 8.01. The summed E-state index contributed by atoms with van der Waals surface area (Å²) in [6.45, 7) is 2.79. The Labute approximate surface area is 170 Å². The van der Waals surface area contributed by atoms with Gasteiger partial charge in [-0.05, 0) is 40.3 Å². The van der Waals surface area contributed by atoms with Gasteiger partial charge in [-0.25, -0.2) is 4.79 Å². The summed E-state index contributed by atoms with van der Waals surface area (Å²) < 4.78 is 5.68. The number of hydrogen-bond acceptors (Lipinski definition) is 3. The Morgan fingerprint density at radius 2 is 1.52 bits per heavy atom. The van der Waals surface area contributed by atoms with E-state index in [1.807, 2.05) is 55.5 Å². The van der Waals surface area contributed by atoms with Gasteiger partial charge in [0.05, 0.1) is 13.1 Å². The second-order valence-corrected chi connectivity index (χ2v) is 8.01. The van der Waals surface area contributed by atoms with E-state index in [0.717, 1.165) is 11.1 Å². The highest BCUT2D eigenvalue weighted by Crippen LogP contribution is 2.44. The first-order chi connectivity index (χ1) is 14.1. The highest BCUT2D eigenvalue weighted by Gasteiger charge is 2.46. The molecule has 5 rings (SSSR count). The number of nitrogens with zero attached hydrogens (tertiary/aromatic N) is 1. The fourth-order valence-corrected chi connectivity index (χ4v) is 4.66. The Hall–Kier alpha value is -3.11. The first-order valence-electron chi connectivity index (χ1n) is 9.95. The molecule has 1 saturated heterocycles. The lowest BCUT2D eigenvalue weighted by molar-refractivity contribution is -0.0946. The summed E-state index contributed by atoms with van der Waals surface area (Å²) >= 11 is 0. The van der Waals surface area contributed by atoms with Gasteiger partial charge in [-0.3, -0.25) is 0 Å². The van der Waals surface area contributed by atoms with E-state index < -0.39 is 5.60 Å². The number of β-amino-alcohol motifs (C(OH)–C–C–N with tert-alkyl or cyclic N) is 1. The number of aryl methyl sites for hydroxylation is 1. The van der Waals surface area contributed by atoms with Crippen LogP contribution in [0.4, 0.5) is 4.79 Å². The number of ether oxygens (including phenoxy) is 1. The van der Waals surface area contributed by atoms with E-state index in [4.69, 9.17) is 4.74 Å². The third kappa shape index (κ3) is 2.91. The maximum Gasteiger partial charge on any atom is 0.410 e. The number of likely N-dealkylation sites (tertiary alicyclic amines) is 1. The molecule has 4 heteroatoms. The van der Waals surface area contributed by atoms with Crippen molar-refractivity contribution < 1.29 is 14.6 Å². The van der Waals surface area contributed by atoms with E-state index >= 15 is 0 Å². The van der Waals surface area contributed by atoms with Crippen LogP contribution >= 0.6 is 0 Å². The summed E-state index contributed by atoms with van der Waals surface area (Å²) in [5, 5.41) is 10.9. The molecule has 1 aliphatic carbocycles. The van der Waals surface area contributed by atoms with Crippen molar-refractivity contribution in [3.05, 3.63) is 95.1 Å². The number of carbonyl (C=O) groups excluding carboxylic acids is 1. The van der Waals surface area contributed by atoms with Crippen molar-refractivity contribution >= 4 is 6.09 Å². The Balaban J connectivity index is 1.27. The van der Waals surface area contributed by atoms with Crippen molar-refractivity contribution in [1.82, 2.24) is 4.90 Å². The van der Waals surface area contributed by atoms with Crippen molar-refractivity contribution in [3.8, 4) is 11.1 Å². The standard InChI is InChI=1S/C25H23NO3/c1-17-8-2-7-13-23(17)25(28)15-26(16-25)24(27)29-14-22-20-11-5-3-9-18(20)19-10-4-6-12-21(19)22/h2-13,22,28H,14-16H2,1H3. The zero-order valence-electron chi connectivity index (χ0n) is 16.3. The predicted molar refractivity (Wildman–Crippen MR) is 112 cm³/mol. The number of aliphatic hydroxyl groups is 1. The average molecular weight is 385 g/mol. The maximum absolute atomic E-state index is 12.6. The van der Waals surface area contributed by atoms with Gasteiger partial charge >= 0.3 is 6.09 Å². The van der Waals surface area contributed by atoms with Crippen LogP contribution in [0.1, 0.15) is 28.2 Å². The van der Waals surface area contributed by atoms with Crippen molar-refractivity contribution in [2.45, 2.75) is 18.4 Å². The zero-order chi connectivity index (χ0) is 20.0. The first kappa shape index (κ1) is 18.0.